The number of ether oxygens (including phenoxy) is 1. The van der Waals surface area contributed by atoms with E-state index in [1.54, 1.807) is 6.20 Å². The first-order valence-electron chi connectivity index (χ1n) is 6.63. The first-order chi connectivity index (χ1) is 9.88. The molecule has 0 radical (unpaired) electrons. The zero-order chi connectivity index (χ0) is 15.8. The van der Waals surface area contributed by atoms with E-state index in [0.29, 0.717) is 5.75 Å². The van der Waals surface area contributed by atoms with E-state index in [1.165, 1.54) is 18.7 Å². The van der Waals surface area contributed by atoms with Gasteiger partial charge in [0.2, 0.25) is 0 Å². The average molecular weight is 311 g/mol. The first-order valence-corrected chi connectivity index (χ1v) is 7.78. The van der Waals surface area contributed by atoms with Crippen molar-refractivity contribution in [3.8, 4) is 0 Å². The zero-order valence-corrected chi connectivity index (χ0v) is 13.3. The Hall–Kier alpha value is -1.60. The molecule has 0 saturated heterocycles. The molecule has 0 aromatic carbocycles. The maximum atomic E-state index is 11.4. The number of rotatable bonds is 7. The number of nitrogens with one attached hydrogen (secondary N) is 1. The van der Waals surface area contributed by atoms with Gasteiger partial charge in [-0.3, -0.25) is 4.79 Å². The van der Waals surface area contributed by atoms with Gasteiger partial charge in [0.05, 0.1) is 0 Å². The molecule has 0 bridgehead atoms. The fraction of sp³-hybridized carbons (Fsp3) is 0.500. The zero-order valence-electron chi connectivity index (χ0n) is 12.5. The highest BCUT2D eigenvalue weighted by atomic mass is 32.2. The fourth-order valence-electron chi connectivity index (χ4n) is 1.57. The van der Waals surface area contributed by atoms with Gasteiger partial charge in [0.25, 0.3) is 0 Å². The van der Waals surface area contributed by atoms with E-state index in [2.05, 4.69) is 15.0 Å². The van der Waals surface area contributed by atoms with E-state index < -0.39 is 18.0 Å². The molecule has 1 aromatic rings. The Kier molecular flexibility index (Phi) is 7.18. The number of aromatic nitrogens is 1. The Morgan fingerprint density at radius 3 is 2.81 bits per heavy atom. The molecule has 0 saturated carbocycles. The lowest BCUT2D eigenvalue weighted by molar-refractivity contribution is -0.158. The second-order valence-electron chi connectivity index (χ2n) is 4.82. The van der Waals surface area contributed by atoms with Gasteiger partial charge in [0.1, 0.15) is 11.9 Å². The van der Waals surface area contributed by atoms with Crippen LogP contribution in [0.25, 0.3) is 0 Å². The number of hydrogen-bond donors (Lipinski definition) is 2. The van der Waals surface area contributed by atoms with E-state index in [4.69, 9.17) is 5.73 Å². The SMILES string of the molecule is CC(=O)OC(=O)[C@@H](N)CSCC(C)Nc1cc(C)ccn1. The van der Waals surface area contributed by atoms with Crippen molar-refractivity contribution in [1.29, 1.82) is 0 Å². The summed E-state index contributed by atoms with van der Waals surface area (Å²) >= 11 is 1.52. The highest BCUT2D eigenvalue weighted by Crippen LogP contribution is 2.11. The summed E-state index contributed by atoms with van der Waals surface area (Å²) in [5.41, 5.74) is 6.78. The van der Waals surface area contributed by atoms with Gasteiger partial charge in [-0.2, -0.15) is 11.8 Å². The first kappa shape index (κ1) is 17.5. The number of esters is 2. The van der Waals surface area contributed by atoms with Crippen molar-refractivity contribution in [1.82, 2.24) is 4.98 Å². The minimum absolute atomic E-state index is 0.181. The standard InChI is InChI=1S/C14H21N3O3S/c1-9-4-5-16-13(6-9)17-10(2)7-21-8-12(15)14(19)20-11(3)18/h4-6,10,12H,7-8,15H2,1-3H3,(H,16,17)/t10?,12-/m0/s1. The lowest BCUT2D eigenvalue weighted by atomic mass is 10.3. The molecule has 2 atom stereocenters. The van der Waals surface area contributed by atoms with Gasteiger partial charge in [-0.05, 0) is 31.5 Å². The Balaban J connectivity index is 2.28. The van der Waals surface area contributed by atoms with Gasteiger partial charge >= 0.3 is 11.9 Å². The van der Waals surface area contributed by atoms with E-state index in [1.807, 2.05) is 26.0 Å². The van der Waals surface area contributed by atoms with Crippen molar-refractivity contribution in [2.75, 3.05) is 16.8 Å². The van der Waals surface area contributed by atoms with Crippen molar-refractivity contribution in [2.45, 2.75) is 32.9 Å². The van der Waals surface area contributed by atoms with Crippen LogP contribution < -0.4 is 11.1 Å². The third-order valence-corrected chi connectivity index (χ3v) is 3.85. The van der Waals surface area contributed by atoms with E-state index in [9.17, 15) is 9.59 Å². The molecule has 7 heteroatoms. The molecule has 1 rings (SSSR count). The largest absolute Gasteiger partial charge is 0.392 e. The van der Waals surface area contributed by atoms with Crippen LogP contribution in [0, 0.1) is 6.92 Å². The quantitative estimate of drug-likeness (QED) is 0.579. The van der Waals surface area contributed by atoms with Crippen molar-refractivity contribution in [3.05, 3.63) is 23.9 Å². The minimum Gasteiger partial charge on any atom is -0.392 e. The molecule has 116 valence electrons. The highest BCUT2D eigenvalue weighted by Gasteiger charge is 2.17. The van der Waals surface area contributed by atoms with Crippen LogP contribution in [0.5, 0.6) is 0 Å². The molecule has 0 aliphatic heterocycles. The number of nitrogens with zero attached hydrogens (tertiary/aromatic N) is 1. The number of aryl methyl sites for hydroxylation is 1. The minimum atomic E-state index is -0.789. The summed E-state index contributed by atoms with van der Waals surface area (Å²) < 4.78 is 4.44. The van der Waals surface area contributed by atoms with Crippen LogP contribution in [0.3, 0.4) is 0 Å². The van der Waals surface area contributed by atoms with Gasteiger partial charge in [-0.15, -0.1) is 0 Å². The lowest BCUT2D eigenvalue weighted by Gasteiger charge is -2.15. The van der Waals surface area contributed by atoms with Crippen LogP contribution in [-0.2, 0) is 14.3 Å². The van der Waals surface area contributed by atoms with Crippen molar-refractivity contribution < 1.29 is 14.3 Å². The number of nitrogens with two attached hydrogens (primary N) is 1. The van der Waals surface area contributed by atoms with Crippen LogP contribution in [-0.4, -0.2) is 40.5 Å². The molecule has 6 nitrogen and oxygen atoms in total. The number of thioether (sulfide) groups is 1. The molecule has 0 amide bonds. The Labute approximate surface area is 128 Å². The number of pyridine rings is 1. The van der Waals surface area contributed by atoms with Crippen LogP contribution in [0.15, 0.2) is 18.3 Å². The van der Waals surface area contributed by atoms with Gasteiger partial charge < -0.3 is 15.8 Å². The molecule has 0 aliphatic rings. The third kappa shape index (κ3) is 7.10. The molecular formula is C14H21N3O3S. The molecule has 1 heterocycles. The van der Waals surface area contributed by atoms with Crippen LogP contribution >= 0.6 is 11.8 Å². The fourth-order valence-corrected chi connectivity index (χ4v) is 2.53. The van der Waals surface area contributed by atoms with Crippen molar-refractivity contribution in [2.24, 2.45) is 5.73 Å². The molecule has 1 unspecified atom stereocenters. The number of carbonyl (C=O) groups excluding carboxylic acids is 2. The summed E-state index contributed by atoms with van der Waals surface area (Å²) in [6, 6.07) is 3.30. The predicted molar refractivity (Wildman–Crippen MR) is 84.1 cm³/mol. The number of carbonyl (C=O) groups is 2. The predicted octanol–water partition coefficient (Wildman–Crippen LogP) is 1.34. The maximum absolute atomic E-state index is 11.4. The van der Waals surface area contributed by atoms with Gasteiger partial charge in [0, 0.05) is 30.7 Å². The average Bonchev–Trinajstić information content (AvgIpc) is 2.37. The van der Waals surface area contributed by atoms with Crippen LogP contribution in [0.1, 0.15) is 19.4 Å². The molecule has 3 N–H and O–H groups in total. The summed E-state index contributed by atoms with van der Waals surface area (Å²) in [6.07, 6.45) is 1.76. The highest BCUT2D eigenvalue weighted by molar-refractivity contribution is 7.99. The van der Waals surface area contributed by atoms with E-state index in [0.717, 1.165) is 17.1 Å². The number of anilines is 1. The Bertz CT molecular complexity index is 496. The molecular weight excluding hydrogens is 290 g/mol. The van der Waals surface area contributed by atoms with Gasteiger partial charge in [-0.1, -0.05) is 0 Å². The molecule has 0 aliphatic carbocycles. The second-order valence-corrected chi connectivity index (χ2v) is 5.90. The maximum Gasteiger partial charge on any atom is 0.331 e. The van der Waals surface area contributed by atoms with Gasteiger partial charge in [-0.25, -0.2) is 9.78 Å². The summed E-state index contributed by atoms with van der Waals surface area (Å²) in [7, 11) is 0. The molecule has 21 heavy (non-hydrogen) atoms. The molecule has 0 spiro atoms. The van der Waals surface area contributed by atoms with Crippen molar-refractivity contribution >= 4 is 29.5 Å². The topological polar surface area (TPSA) is 94.3 Å². The van der Waals surface area contributed by atoms with E-state index >= 15 is 0 Å². The Morgan fingerprint density at radius 2 is 2.19 bits per heavy atom. The second kappa shape index (κ2) is 8.63. The summed E-state index contributed by atoms with van der Waals surface area (Å²) in [6.45, 7) is 5.21. The summed E-state index contributed by atoms with van der Waals surface area (Å²) in [5, 5.41) is 3.27. The Morgan fingerprint density at radius 1 is 1.48 bits per heavy atom. The molecule has 1 aromatic heterocycles. The lowest BCUT2D eigenvalue weighted by Crippen LogP contribution is -2.36. The third-order valence-electron chi connectivity index (χ3n) is 2.52. The summed E-state index contributed by atoms with van der Waals surface area (Å²) in [5.74, 6) is 0.663. The number of hydrogen-bond acceptors (Lipinski definition) is 7. The summed E-state index contributed by atoms with van der Waals surface area (Å²) in [4.78, 5) is 26.2. The van der Waals surface area contributed by atoms with E-state index in [-0.39, 0.29) is 6.04 Å². The monoisotopic (exact) mass is 311 g/mol. The van der Waals surface area contributed by atoms with Crippen LogP contribution in [0.4, 0.5) is 5.82 Å². The van der Waals surface area contributed by atoms with Crippen LogP contribution in [0.2, 0.25) is 0 Å². The van der Waals surface area contributed by atoms with Gasteiger partial charge in [0.15, 0.2) is 0 Å². The smallest absolute Gasteiger partial charge is 0.331 e. The normalized spacial score (nSPS) is 13.3. The molecule has 0 fully saturated rings. The van der Waals surface area contributed by atoms with Crippen molar-refractivity contribution in [3.63, 3.8) is 0 Å².